The number of anilines is 1. The van der Waals surface area contributed by atoms with Gasteiger partial charge in [-0.3, -0.25) is 9.59 Å². The second-order valence-corrected chi connectivity index (χ2v) is 7.42. The predicted octanol–water partition coefficient (Wildman–Crippen LogP) is 3.24. The predicted molar refractivity (Wildman–Crippen MR) is 126 cm³/mol. The summed E-state index contributed by atoms with van der Waals surface area (Å²) in [7, 11) is 1.24. The molecule has 0 unspecified atom stereocenters. The van der Waals surface area contributed by atoms with Gasteiger partial charge in [0.25, 0.3) is 5.91 Å². The number of nitrogens with zero attached hydrogens (tertiary/aromatic N) is 3. The topological polar surface area (TPSA) is 115 Å². The zero-order chi connectivity index (χ0) is 24.8. The summed E-state index contributed by atoms with van der Waals surface area (Å²) in [4.78, 5) is 41.2. The number of fused-ring (bicyclic) bond motifs is 1. The molecule has 0 bridgehead atoms. The number of carbonyl (C=O) groups is 3. The standard InChI is InChI=1S/C25H20FN5O4/c1-35-25(34)18-10-17(15-28-24(33)21-14-22-27-8-3-9-31(22)30-21)12-20(13-18)29-23(32)7-6-16-4-2-5-19(26)11-16/h2-14H,15H2,1H3,(H,28,33)(H,29,32)/b7-6+. The lowest BCUT2D eigenvalue weighted by atomic mass is 10.1. The van der Waals surface area contributed by atoms with Gasteiger partial charge >= 0.3 is 5.97 Å². The first-order valence-corrected chi connectivity index (χ1v) is 10.5. The quantitative estimate of drug-likeness (QED) is 0.315. The minimum Gasteiger partial charge on any atom is -0.465 e. The number of rotatable bonds is 7. The van der Waals surface area contributed by atoms with E-state index in [1.165, 1.54) is 48.0 Å². The van der Waals surface area contributed by atoms with Gasteiger partial charge in [-0.05, 0) is 53.6 Å². The molecule has 2 heterocycles. The molecule has 176 valence electrons. The number of ether oxygens (including phenoxy) is 1. The minimum atomic E-state index is -0.601. The third-order valence-corrected chi connectivity index (χ3v) is 4.88. The van der Waals surface area contributed by atoms with Crippen LogP contribution in [-0.4, -0.2) is 39.5 Å². The molecule has 2 amide bonds. The monoisotopic (exact) mass is 473 g/mol. The summed E-state index contributed by atoms with van der Waals surface area (Å²) in [6.45, 7) is 0.0625. The summed E-state index contributed by atoms with van der Waals surface area (Å²) in [6.07, 6.45) is 5.99. The number of esters is 1. The van der Waals surface area contributed by atoms with Gasteiger partial charge in [0.1, 0.15) is 5.82 Å². The van der Waals surface area contributed by atoms with Crippen molar-refractivity contribution in [2.45, 2.75) is 6.54 Å². The van der Waals surface area contributed by atoms with E-state index >= 15 is 0 Å². The van der Waals surface area contributed by atoms with Crippen LogP contribution in [0.3, 0.4) is 0 Å². The number of nitrogens with one attached hydrogen (secondary N) is 2. The highest BCUT2D eigenvalue weighted by atomic mass is 19.1. The molecular weight excluding hydrogens is 453 g/mol. The number of methoxy groups -OCH3 is 1. The van der Waals surface area contributed by atoms with Crippen molar-refractivity contribution in [1.82, 2.24) is 19.9 Å². The summed E-state index contributed by atoms with van der Waals surface area (Å²) < 4.78 is 19.6. The van der Waals surface area contributed by atoms with Crippen LogP contribution < -0.4 is 10.6 Å². The number of aromatic nitrogens is 3. The number of hydrogen-bond donors (Lipinski definition) is 2. The van der Waals surface area contributed by atoms with E-state index in [2.05, 4.69) is 20.7 Å². The molecule has 0 aliphatic carbocycles. The van der Waals surface area contributed by atoms with Crippen LogP contribution in [0.1, 0.15) is 32.0 Å². The Kier molecular flexibility index (Phi) is 6.91. The number of hydrogen-bond acceptors (Lipinski definition) is 6. The van der Waals surface area contributed by atoms with Crippen molar-refractivity contribution in [1.29, 1.82) is 0 Å². The lowest BCUT2D eigenvalue weighted by molar-refractivity contribution is -0.111. The lowest BCUT2D eigenvalue weighted by Gasteiger charge is -2.10. The second-order valence-electron chi connectivity index (χ2n) is 7.42. The maximum atomic E-state index is 13.3. The van der Waals surface area contributed by atoms with Crippen molar-refractivity contribution >= 4 is 35.2 Å². The number of halogens is 1. The van der Waals surface area contributed by atoms with Crippen molar-refractivity contribution in [2.75, 3.05) is 12.4 Å². The summed E-state index contributed by atoms with van der Waals surface area (Å²) in [5.74, 6) is -1.92. The molecule has 9 nitrogen and oxygen atoms in total. The van der Waals surface area contributed by atoms with E-state index in [4.69, 9.17) is 4.74 Å². The molecule has 0 saturated carbocycles. The fourth-order valence-corrected chi connectivity index (χ4v) is 3.28. The Labute approximate surface area is 199 Å². The first-order chi connectivity index (χ1) is 16.9. The lowest BCUT2D eigenvalue weighted by Crippen LogP contribution is -2.23. The van der Waals surface area contributed by atoms with E-state index in [1.807, 2.05) is 0 Å². The number of amides is 2. The van der Waals surface area contributed by atoms with Gasteiger partial charge in [0, 0.05) is 36.8 Å². The Balaban J connectivity index is 1.48. The van der Waals surface area contributed by atoms with Crippen LogP contribution in [0.25, 0.3) is 11.7 Å². The van der Waals surface area contributed by atoms with E-state index < -0.39 is 23.6 Å². The van der Waals surface area contributed by atoms with E-state index in [-0.39, 0.29) is 17.8 Å². The van der Waals surface area contributed by atoms with Crippen LogP contribution >= 0.6 is 0 Å². The van der Waals surface area contributed by atoms with Gasteiger partial charge in [0.15, 0.2) is 11.3 Å². The van der Waals surface area contributed by atoms with Crippen LogP contribution in [-0.2, 0) is 16.1 Å². The zero-order valence-corrected chi connectivity index (χ0v) is 18.6. The largest absolute Gasteiger partial charge is 0.465 e. The molecule has 2 aromatic heterocycles. The van der Waals surface area contributed by atoms with E-state index in [9.17, 15) is 18.8 Å². The Morgan fingerprint density at radius 1 is 1.11 bits per heavy atom. The molecular formula is C25H20FN5O4. The molecule has 35 heavy (non-hydrogen) atoms. The molecule has 0 atom stereocenters. The highest BCUT2D eigenvalue weighted by molar-refractivity contribution is 6.03. The van der Waals surface area contributed by atoms with Crippen molar-refractivity contribution in [2.24, 2.45) is 0 Å². The molecule has 0 aliphatic rings. The summed E-state index contributed by atoms with van der Waals surface area (Å²) >= 11 is 0. The highest BCUT2D eigenvalue weighted by Crippen LogP contribution is 2.17. The van der Waals surface area contributed by atoms with Gasteiger partial charge in [0.2, 0.25) is 5.91 Å². The number of carbonyl (C=O) groups excluding carboxylic acids is 3. The Bertz CT molecular complexity index is 1410. The van der Waals surface area contributed by atoms with E-state index in [0.717, 1.165) is 0 Å². The Morgan fingerprint density at radius 2 is 1.97 bits per heavy atom. The van der Waals surface area contributed by atoms with Crippen molar-refractivity contribution in [3.63, 3.8) is 0 Å². The summed E-state index contributed by atoms with van der Waals surface area (Å²) in [5.41, 5.74) is 2.30. The third kappa shape index (κ3) is 5.93. The Morgan fingerprint density at radius 3 is 2.74 bits per heavy atom. The van der Waals surface area contributed by atoms with Crippen LogP contribution in [0.4, 0.5) is 10.1 Å². The maximum Gasteiger partial charge on any atom is 0.337 e. The van der Waals surface area contributed by atoms with Crippen LogP contribution in [0.5, 0.6) is 0 Å². The normalized spacial score (nSPS) is 10.9. The van der Waals surface area contributed by atoms with Gasteiger partial charge < -0.3 is 15.4 Å². The fraction of sp³-hybridized carbons (Fsp3) is 0.0800. The van der Waals surface area contributed by atoms with Gasteiger partial charge in [-0.15, -0.1) is 0 Å². The van der Waals surface area contributed by atoms with Crippen molar-refractivity contribution < 1.29 is 23.5 Å². The first kappa shape index (κ1) is 23.3. The molecule has 10 heteroatoms. The molecule has 2 aromatic carbocycles. The van der Waals surface area contributed by atoms with Gasteiger partial charge in [-0.1, -0.05) is 12.1 Å². The average Bonchev–Trinajstić information content (AvgIpc) is 3.30. The average molecular weight is 473 g/mol. The summed E-state index contributed by atoms with van der Waals surface area (Å²) in [5, 5.41) is 9.57. The SMILES string of the molecule is COC(=O)c1cc(CNC(=O)c2cc3ncccn3n2)cc(NC(=O)/C=C/c2cccc(F)c2)c1. The molecule has 0 saturated heterocycles. The maximum absolute atomic E-state index is 13.3. The molecule has 4 rings (SSSR count). The smallest absolute Gasteiger partial charge is 0.337 e. The second kappa shape index (κ2) is 10.4. The van der Waals surface area contributed by atoms with E-state index in [0.29, 0.717) is 22.5 Å². The van der Waals surface area contributed by atoms with Crippen LogP contribution in [0.15, 0.2) is 73.1 Å². The van der Waals surface area contributed by atoms with Gasteiger partial charge in [0.05, 0.1) is 12.7 Å². The molecule has 0 aliphatic heterocycles. The van der Waals surface area contributed by atoms with Gasteiger partial charge in [-0.2, -0.15) is 5.10 Å². The molecule has 4 aromatic rings. The van der Waals surface area contributed by atoms with Crippen LogP contribution in [0, 0.1) is 5.82 Å². The minimum absolute atomic E-state index is 0.0625. The molecule has 0 spiro atoms. The summed E-state index contributed by atoms with van der Waals surface area (Å²) in [6, 6.07) is 13.7. The van der Waals surface area contributed by atoms with Crippen LogP contribution in [0.2, 0.25) is 0 Å². The van der Waals surface area contributed by atoms with Crippen molar-refractivity contribution in [3.05, 3.63) is 101 Å². The molecule has 0 radical (unpaired) electrons. The fourth-order valence-electron chi connectivity index (χ4n) is 3.28. The Hall–Kier alpha value is -4.86. The molecule has 0 fully saturated rings. The third-order valence-electron chi connectivity index (χ3n) is 4.88. The zero-order valence-electron chi connectivity index (χ0n) is 18.6. The first-order valence-electron chi connectivity index (χ1n) is 10.5. The number of benzene rings is 2. The highest BCUT2D eigenvalue weighted by Gasteiger charge is 2.14. The van der Waals surface area contributed by atoms with Gasteiger partial charge in [-0.25, -0.2) is 18.7 Å². The molecule has 2 N–H and O–H groups in total. The van der Waals surface area contributed by atoms with E-state index in [1.54, 1.807) is 42.7 Å². The van der Waals surface area contributed by atoms with Crippen molar-refractivity contribution in [3.8, 4) is 0 Å².